The Labute approximate surface area is 117 Å². The van der Waals surface area contributed by atoms with E-state index in [1.54, 1.807) is 31.4 Å². The molecule has 0 aliphatic carbocycles. The number of aliphatic hydroxyl groups excluding tert-OH is 1. The predicted octanol–water partition coefficient (Wildman–Crippen LogP) is 3.21. The topological polar surface area (TPSA) is 55.5 Å². The summed E-state index contributed by atoms with van der Waals surface area (Å²) >= 11 is 6.09. The summed E-state index contributed by atoms with van der Waals surface area (Å²) in [5.41, 5.74) is 7.97. The number of para-hydroxylation sites is 1. The van der Waals surface area contributed by atoms with Crippen molar-refractivity contribution < 1.29 is 9.84 Å². The second-order valence-corrected chi connectivity index (χ2v) is 4.68. The first-order valence-electron chi connectivity index (χ1n) is 5.97. The number of halogens is 1. The Kier molecular flexibility index (Phi) is 4.30. The summed E-state index contributed by atoms with van der Waals surface area (Å²) < 4.78 is 5.15. The van der Waals surface area contributed by atoms with Gasteiger partial charge in [-0.15, -0.1) is 0 Å². The fraction of sp³-hybridized carbons (Fsp3) is 0.200. The summed E-state index contributed by atoms with van der Waals surface area (Å²) in [5, 5.41) is 10.9. The van der Waals surface area contributed by atoms with Crippen molar-refractivity contribution in [3.8, 4) is 5.75 Å². The predicted molar refractivity (Wildman–Crippen MR) is 77.5 cm³/mol. The largest absolute Gasteiger partial charge is 0.495 e. The molecule has 2 aromatic carbocycles. The minimum absolute atomic E-state index is 0.414. The van der Waals surface area contributed by atoms with Crippen LogP contribution in [0.4, 0.5) is 5.69 Å². The van der Waals surface area contributed by atoms with Crippen LogP contribution in [0.5, 0.6) is 5.75 Å². The van der Waals surface area contributed by atoms with Gasteiger partial charge in [-0.25, -0.2) is 0 Å². The number of rotatable bonds is 4. The first kappa shape index (κ1) is 13.7. The lowest BCUT2D eigenvalue weighted by Crippen LogP contribution is -2.06. The van der Waals surface area contributed by atoms with Crippen LogP contribution in [0.15, 0.2) is 42.5 Å². The van der Waals surface area contributed by atoms with Crippen molar-refractivity contribution in [1.82, 2.24) is 0 Å². The fourth-order valence-electron chi connectivity index (χ4n) is 2.01. The molecular formula is C15H16ClNO2. The van der Waals surface area contributed by atoms with Gasteiger partial charge in [0.2, 0.25) is 0 Å². The molecule has 0 aliphatic rings. The van der Waals surface area contributed by atoms with Crippen LogP contribution >= 0.6 is 11.6 Å². The highest BCUT2D eigenvalue weighted by atomic mass is 35.5. The van der Waals surface area contributed by atoms with Crippen molar-refractivity contribution in [3.63, 3.8) is 0 Å². The molecule has 4 heteroatoms. The van der Waals surface area contributed by atoms with Crippen LogP contribution < -0.4 is 10.5 Å². The highest BCUT2D eigenvalue weighted by Crippen LogP contribution is 2.32. The van der Waals surface area contributed by atoms with Gasteiger partial charge in [-0.05, 0) is 17.7 Å². The Balaban J connectivity index is 2.26. The van der Waals surface area contributed by atoms with Crippen molar-refractivity contribution >= 4 is 17.3 Å². The van der Waals surface area contributed by atoms with Gasteiger partial charge in [0.25, 0.3) is 0 Å². The molecule has 1 atom stereocenters. The summed E-state index contributed by atoms with van der Waals surface area (Å²) in [7, 11) is 1.55. The van der Waals surface area contributed by atoms with Crippen molar-refractivity contribution in [2.24, 2.45) is 0 Å². The molecule has 0 saturated carbocycles. The van der Waals surface area contributed by atoms with Gasteiger partial charge >= 0.3 is 0 Å². The molecular weight excluding hydrogens is 262 g/mol. The van der Waals surface area contributed by atoms with Gasteiger partial charge in [-0.2, -0.15) is 0 Å². The van der Waals surface area contributed by atoms with Crippen LogP contribution in [-0.2, 0) is 6.42 Å². The van der Waals surface area contributed by atoms with E-state index in [-0.39, 0.29) is 0 Å². The standard InChI is InChI=1S/C15H16ClNO2/c1-19-14-8-4-6-11(15(14)17)13(18)9-10-5-2-3-7-12(10)16/h2-8,13,18H,9,17H2,1H3. The third-order valence-corrected chi connectivity index (χ3v) is 3.42. The average molecular weight is 278 g/mol. The number of ether oxygens (including phenoxy) is 1. The number of aliphatic hydroxyl groups is 1. The van der Waals surface area contributed by atoms with Gasteiger partial charge in [0.05, 0.1) is 18.9 Å². The van der Waals surface area contributed by atoms with Crippen LogP contribution in [0.25, 0.3) is 0 Å². The van der Waals surface area contributed by atoms with E-state index >= 15 is 0 Å². The SMILES string of the molecule is COc1cccc(C(O)Cc2ccccc2Cl)c1N. The fourth-order valence-corrected chi connectivity index (χ4v) is 2.22. The van der Waals surface area contributed by atoms with Crippen LogP contribution in [-0.4, -0.2) is 12.2 Å². The minimum atomic E-state index is -0.713. The van der Waals surface area contributed by atoms with Gasteiger partial charge in [-0.3, -0.25) is 0 Å². The van der Waals surface area contributed by atoms with E-state index in [1.807, 2.05) is 18.2 Å². The van der Waals surface area contributed by atoms with Crippen molar-refractivity contribution in [2.45, 2.75) is 12.5 Å². The molecule has 0 bridgehead atoms. The zero-order valence-electron chi connectivity index (χ0n) is 10.6. The Morgan fingerprint density at radius 3 is 2.63 bits per heavy atom. The Bertz CT molecular complexity index is 572. The number of benzene rings is 2. The van der Waals surface area contributed by atoms with E-state index in [4.69, 9.17) is 22.1 Å². The van der Waals surface area contributed by atoms with Crippen LogP contribution in [0, 0.1) is 0 Å². The molecule has 100 valence electrons. The molecule has 0 spiro atoms. The number of nitrogen functional groups attached to an aromatic ring is 1. The van der Waals surface area contributed by atoms with E-state index in [2.05, 4.69) is 0 Å². The molecule has 0 fully saturated rings. The first-order valence-corrected chi connectivity index (χ1v) is 6.35. The van der Waals surface area contributed by atoms with E-state index in [0.29, 0.717) is 28.4 Å². The molecule has 1 unspecified atom stereocenters. The highest BCUT2D eigenvalue weighted by Gasteiger charge is 2.15. The Morgan fingerprint density at radius 2 is 1.95 bits per heavy atom. The lowest BCUT2D eigenvalue weighted by atomic mass is 9.99. The lowest BCUT2D eigenvalue weighted by Gasteiger charge is -2.16. The maximum absolute atomic E-state index is 10.3. The minimum Gasteiger partial charge on any atom is -0.495 e. The van der Waals surface area contributed by atoms with E-state index in [1.165, 1.54) is 0 Å². The third kappa shape index (κ3) is 3.00. The second-order valence-electron chi connectivity index (χ2n) is 4.27. The molecule has 0 heterocycles. The number of methoxy groups -OCH3 is 1. The van der Waals surface area contributed by atoms with Crippen LogP contribution in [0.1, 0.15) is 17.2 Å². The van der Waals surface area contributed by atoms with Crippen molar-refractivity contribution in [3.05, 3.63) is 58.6 Å². The quantitative estimate of drug-likeness (QED) is 0.844. The molecule has 2 rings (SSSR count). The monoisotopic (exact) mass is 277 g/mol. The van der Waals surface area contributed by atoms with E-state index < -0.39 is 6.10 Å². The van der Waals surface area contributed by atoms with Crippen LogP contribution in [0.2, 0.25) is 5.02 Å². The first-order chi connectivity index (χ1) is 9.13. The molecule has 0 aromatic heterocycles. The number of hydrogen-bond acceptors (Lipinski definition) is 3. The maximum Gasteiger partial charge on any atom is 0.142 e. The average Bonchev–Trinajstić information content (AvgIpc) is 2.41. The molecule has 2 aromatic rings. The molecule has 0 saturated heterocycles. The summed E-state index contributed by atoms with van der Waals surface area (Å²) in [4.78, 5) is 0. The number of anilines is 1. The number of nitrogens with two attached hydrogens (primary N) is 1. The second kappa shape index (κ2) is 5.95. The van der Waals surface area contributed by atoms with Gasteiger partial charge in [0, 0.05) is 17.0 Å². The zero-order chi connectivity index (χ0) is 13.8. The van der Waals surface area contributed by atoms with Crippen molar-refractivity contribution in [1.29, 1.82) is 0 Å². The zero-order valence-corrected chi connectivity index (χ0v) is 11.4. The molecule has 0 amide bonds. The normalized spacial score (nSPS) is 12.2. The lowest BCUT2D eigenvalue weighted by molar-refractivity contribution is 0.179. The summed E-state index contributed by atoms with van der Waals surface area (Å²) in [6, 6.07) is 12.8. The Hall–Kier alpha value is -1.71. The molecule has 0 radical (unpaired) electrons. The Morgan fingerprint density at radius 1 is 1.21 bits per heavy atom. The van der Waals surface area contributed by atoms with Gasteiger partial charge in [-0.1, -0.05) is 41.9 Å². The molecule has 3 nitrogen and oxygen atoms in total. The van der Waals surface area contributed by atoms with Gasteiger partial charge < -0.3 is 15.6 Å². The molecule has 0 aliphatic heterocycles. The van der Waals surface area contributed by atoms with Gasteiger partial charge in [0.1, 0.15) is 5.75 Å². The number of hydrogen-bond donors (Lipinski definition) is 2. The molecule has 19 heavy (non-hydrogen) atoms. The smallest absolute Gasteiger partial charge is 0.142 e. The summed E-state index contributed by atoms with van der Waals surface area (Å²) in [6.07, 6.45) is -0.299. The summed E-state index contributed by atoms with van der Waals surface area (Å²) in [6.45, 7) is 0. The summed E-state index contributed by atoms with van der Waals surface area (Å²) in [5.74, 6) is 0.565. The third-order valence-electron chi connectivity index (χ3n) is 3.05. The highest BCUT2D eigenvalue weighted by molar-refractivity contribution is 6.31. The maximum atomic E-state index is 10.3. The van der Waals surface area contributed by atoms with Gasteiger partial charge in [0.15, 0.2) is 0 Å². The van der Waals surface area contributed by atoms with E-state index in [9.17, 15) is 5.11 Å². The molecule has 3 N–H and O–H groups in total. The van der Waals surface area contributed by atoms with Crippen molar-refractivity contribution in [2.75, 3.05) is 12.8 Å². The van der Waals surface area contributed by atoms with E-state index in [0.717, 1.165) is 5.56 Å². The van der Waals surface area contributed by atoms with Crippen LogP contribution in [0.3, 0.4) is 0 Å².